The predicted molar refractivity (Wildman–Crippen MR) is 127 cm³/mol. The maximum absolute atomic E-state index is 6.39. The number of fused-ring (bicyclic) bond motifs is 2. The van der Waals surface area contributed by atoms with Crippen molar-refractivity contribution in [3.63, 3.8) is 0 Å². The van der Waals surface area contributed by atoms with Crippen LogP contribution in [0.2, 0.25) is 0 Å². The number of hydrogen-bond donors (Lipinski definition) is 1. The van der Waals surface area contributed by atoms with Gasteiger partial charge < -0.3 is 15.0 Å². The van der Waals surface area contributed by atoms with Crippen LogP contribution in [-0.2, 0) is 13.1 Å². The fraction of sp³-hybridized carbons (Fsp3) is 0.357. The molecule has 0 aliphatic carbocycles. The first-order chi connectivity index (χ1) is 15.2. The Morgan fingerprint density at radius 2 is 1.45 bits per heavy atom. The molecule has 3 atom stereocenters. The van der Waals surface area contributed by atoms with Crippen LogP contribution in [0.3, 0.4) is 0 Å². The van der Waals surface area contributed by atoms with E-state index in [1.54, 1.807) is 0 Å². The van der Waals surface area contributed by atoms with Crippen LogP contribution >= 0.6 is 0 Å². The van der Waals surface area contributed by atoms with Crippen molar-refractivity contribution in [1.29, 1.82) is 0 Å². The van der Waals surface area contributed by atoms with Crippen molar-refractivity contribution in [2.75, 3.05) is 7.05 Å². The average molecular weight is 413 g/mol. The second-order valence-electron chi connectivity index (χ2n) is 9.08. The van der Waals surface area contributed by atoms with E-state index in [4.69, 9.17) is 4.74 Å². The molecular weight excluding hydrogens is 380 g/mol. The molecule has 2 aliphatic heterocycles. The second kappa shape index (κ2) is 9.25. The molecule has 1 N–H and O–H groups in total. The lowest BCUT2D eigenvalue weighted by Crippen LogP contribution is -2.43. The second-order valence-corrected chi connectivity index (χ2v) is 9.08. The summed E-state index contributed by atoms with van der Waals surface area (Å²) in [5.41, 5.74) is 5.09. The molecule has 0 unspecified atom stereocenters. The van der Waals surface area contributed by atoms with E-state index in [-0.39, 0.29) is 0 Å². The first-order valence-corrected chi connectivity index (χ1v) is 11.6. The van der Waals surface area contributed by atoms with Crippen molar-refractivity contribution < 1.29 is 4.74 Å². The number of hydrogen-bond acceptors (Lipinski definition) is 3. The van der Waals surface area contributed by atoms with E-state index in [0.717, 1.165) is 31.7 Å². The first-order valence-electron chi connectivity index (χ1n) is 11.6. The minimum absolute atomic E-state index is 0.361. The summed E-state index contributed by atoms with van der Waals surface area (Å²) in [6.45, 7) is 1.70. The smallest absolute Gasteiger partial charge is 0.120 e. The van der Waals surface area contributed by atoms with Crippen molar-refractivity contribution in [1.82, 2.24) is 10.2 Å². The van der Waals surface area contributed by atoms with Crippen LogP contribution in [0.4, 0.5) is 0 Å². The molecule has 0 radical (unpaired) electrons. The van der Waals surface area contributed by atoms with E-state index >= 15 is 0 Å². The molecule has 0 saturated carbocycles. The standard InChI is InChI=1S/C28H32N2O/c1-30-25-14-15-26(30)18-28(17-25)31-27-9-5-6-22(16-27)20-29-19-21-10-12-24(13-11-21)23-7-3-2-4-8-23/h2-13,16,25-26,28-29H,14-15,17-20H2,1H3/t25-,26+,28+. The van der Waals surface area contributed by atoms with E-state index in [2.05, 4.69) is 96.1 Å². The van der Waals surface area contributed by atoms with Crippen molar-refractivity contribution >= 4 is 0 Å². The molecule has 2 saturated heterocycles. The molecule has 2 fully saturated rings. The highest BCUT2D eigenvalue weighted by Crippen LogP contribution is 2.36. The summed E-state index contributed by atoms with van der Waals surface area (Å²) >= 11 is 0. The van der Waals surface area contributed by atoms with E-state index in [1.165, 1.54) is 35.1 Å². The minimum atomic E-state index is 0.361. The summed E-state index contributed by atoms with van der Waals surface area (Å²) in [5.74, 6) is 1.01. The molecule has 31 heavy (non-hydrogen) atoms. The molecule has 3 heteroatoms. The van der Waals surface area contributed by atoms with Gasteiger partial charge in [0, 0.05) is 25.2 Å². The van der Waals surface area contributed by atoms with Crippen LogP contribution in [0.1, 0.15) is 36.8 Å². The third-order valence-electron chi connectivity index (χ3n) is 6.98. The van der Waals surface area contributed by atoms with Gasteiger partial charge in [-0.05, 0) is 67.1 Å². The highest BCUT2D eigenvalue weighted by Gasteiger charge is 2.39. The fourth-order valence-corrected chi connectivity index (χ4v) is 5.18. The summed E-state index contributed by atoms with van der Waals surface area (Å²) in [4.78, 5) is 2.56. The van der Waals surface area contributed by atoms with Gasteiger partial charge in [0.15, 0.2) is 0 Å². The average Bonchev–Trinajstić information content (AvgIpc) is 3.01. The Bertz CT molecular complexity index is 971. The van der Waals surface area contributed by atoms with E-state index in [9.17, 15) is 0 Å². The lowest BCUT2D eigenvalue weighted by atomic mass is 10.0. The van der Waals surface area contributed by atoms with Crippen molar-refractivity contribution in [2.24, 2.45) is 0 Å². The summed E-state index contributed by atoms with van der Waals surface area (Å²) < 4.78 is 6.39. The van der Waals surface area contributed by atoms with Gasteiger partial charge in [0.25, 0.3) is 0 Å². The largest absolute Gasteiger partial charge is 0.490 e. The maximum Gasteiger partial charge on any atom is 0.120 e. The van der Waals surface area contributed by atoms with E-state index < -0.39 is 0 Å². The number of nitrogens with one attached hydrogen (secondary N) is 1. The summed E-state index contributed by atoms with van der Waals surface area (Å²) in [6, 6.07) is 29.4. The Morgan fingerprint density at radius 1 is 0.774 bits per heavy atom. The normalized spacial score (nSPS) is 23.1. The lowest BCUT2D eigenvalue weighted by molar-refractivity contribution is 0.0661. The van der Waals surface area contributed by atoms with Crippen LogP contribution in [0.15, 0.2) is 78.9 Å². The zero-order valence-corrected chi connectivity index (χ0v) is 18.3. The van der Waals surface area contributed by atoms with Crippen LogP contribution in [0.5, 0.6) is 5.75 Å². The molecule has 3 nitrogen and oxygen atoms in total. The minimum Gasteiger partial charge on any atom is -0.490 e. The van der Waals surface area contributed by atoms with Crippen LogP contribution in [-0.4, -0.2) is 30.1 Å². The molecule has 5 rings (SSSR count). The predicted octanol–water partition coefficient (Wildman–Crippen LogP) is 5.65. The van der Waals surface area contributed by atoms with Crippen molar-refractivity contribution in [2.45, 2.75) is 57.0 Å². The van der Waals surface area contributed by atoms with Crippen LogP contribution < -0.4 is 10.1 Å². The fourth-order valence-electron chi connectivity index (χ4n) is 5.18. The van der Waals surface area contributed by atoms with Gasteiger partial charge >= 0.3 is 0 Å². The number of rotatable bonds is 7. The van der Waals surface area contributed by atoms with E-state index in [1.807, 2.05) is 0 Å². The monoisotopic (exact) mass is 412 g/mol. The van der Waals surface area contributed by atoms with Crippen LogP contribution in [0.25, 0.3) is 11.1 Å². The van der Waals surface area contributed by atoms with Gasteiger partial charge in [0.1, 0.15) is 11.9 Å². The number of piperidine rings is 1. The molecule has 2 bridgehead atoms. The van der Waals surface area contributed by atoms with Gasteiger partial charge in [0.2, 0.25) is 0 Å². The summed E-state index contributed by atoms with van der Waals surface area (Å²) in [7, 11) is 2.28. The van der Waals surface area contributed by atoms with Gasteiger partial charge in [-0.3, -0.25) is 0 Å². The molecule has 3 aromatic rings. The Hall–Kier alpha value is -2.62. The zero-order valence-electron chi connectivity index (χ0n) is 18.3. The van der Waals surface area contributed by atoms with Gasteiger partial charge in [-0.15, -0.1) is 0 Å². The number of ether oxygens (including phenoxy) is 1. The number of nitrogens with zero attached hydrogens (tertiary/aromatic N) is 1. The molecular formula is C28H32N2O. The third-order valence-corrected chi connectivity index (χ3v) is 6.98. The number of benzene rings is 3. The molecule has 2 aliphatic rings. The highest BCUT2D eigenvalue weighted by atomic mass is 16.5. The van der Waals surface area contributed by atoms with Crippen molar-refractivity contribution in [3.05, 3.63) is 90.0 Å². The quantitative estimate of drug-likeness (QED) is 0.543. The molecule has 160 valence electrons. The Labute approximate surface area is 186 Å². The lowest BCUT2D eigenvalue weighted by Gasteiger charge is -2.36. The Morgan fingerprint density at radius 3 is 2.19 bits per heavy atom. The van der Waals surface area contributed by atoms with Crippen LogP contribution in [0, 0.1) is 0 Å². The molecule has 0 aromatic heterocycles. The maximum atomic E-state index is 6.39. The van der Waals surface area contributed by atoms with Gasteiger partial charge in [-0.2, -0.15) is 0 Å². The molecule has 2 heterocycles. The molecule has 0 amide bonds. The van der Waals surface area contributed by atoms with Gasteiger partial charge in [-0.1, -0.05) is 66.7 Å². The Kier molecular flexibility index (Phi) is 6.06. The highest BCUT2D eigenvalue weighted by molar-refractivity contribution is 5.63. The zero-order chi connectivity index (χ0) is 21.0. The van der Waals surface area contributed by atoms with E-state index in [0.29, 0.717) is 18.2 Å². The summed E-state index contributed by atoms with van der Waals surface area (Å²) in [6.07, 6.45) is 5.34. The van der Waals surface area contributed by atoms with Gasteiger partial charge in [-0.25, -0.2) is 0 Å². The third kappa shape index (κ3) is 4.84. The molecule has 3 aromatic carbocycles. The summed E-state index contributed by atoms with van der Waals surface area (Å²) in [5, 5.41) is 3.58. The SMILES string of the molecule is CN1[C@@H]2CC[C@H]1C[C@@H](Oc1cccc(CNCc3ccc(-c4ccccc4)cc3)c1)C2. The van der Waals surface area contributed by atoms with Crippen molar-refractivity contribution in [3.8, 4) is 16.9 Å². The molecule has 0 spiro atoms. The van der Waals surface area contributed by atoms with Gasteiger partial charge in [0.05, 0.1) is 0 Å². The Balaban J connectivity index is 1.13. The first kappa shape index (κ1) is 20.3. The topological polar surface area (TPSA) is 24.5 Å².